The highest BCUT2D eigenvalue weighted by atomic mass is 35.5. The predicted octanol–water partition coefficient (Wildman–Crippen LogP) is 3.67. The molecule has 0 bridgehead atoms. The van der Waals surface area contributed by atoms with Crippen molar-refractivity contribution in [2.45, 2.75) is 38.7 Å². The number of ether oxygens (including phenoxy) is 1. The predicted molar refractivity (Wildman–Crippen MR) is 66.5 cm³/mol. The number of hydrogen-bond donors (Lipinski definition) is 0. The molecule has 1 atom stereocenters. The van der Waals surface area contributed by atoms with Crippen LogP contribution in [0.5, 0.6) is 5.75 Å². The maximum atomic E-state index is 11.8. The van der Waals surface area contributed by atoms with Crippen molar-refractivity contribution in [3.63, 3.8) is 0 Å². The third-order valence-corrected chi connectivity index (χ3v) is 2.64. The minimum absolute atomic E-state index is 0.0432. The number of alkyl halides is 1. The third-order valence-electron chi connectivity index (χ3n) is 2.13. The van der Waals surface area contributed by atoms with Crippen molar-refractivity contribution in [1.82, 2.24) is 0 Å². The van der Waals surface area contributed by atoms with Gasteiger partial charge in [0.2, 0.25) is 0 Å². The summed E-state index contributed by atoms with van der Waals surface area (Å²) in [5.41, 5.74) is 0.611. The Morgan fingerprint density at radius 1 is 1.44 bits per heavy atom. The molecule has 2 nitrogen and oxygen atoms in total. The first-order valence-corrected chi connectivity index (χ1v) is 5.93. The molecule has 0 aromatic heterocycles. The van der Waals surface area contributed by atoms with Gasteiger partial charge in [-0.05, 0) is 32.4 Å². The first kappa shape index (κ1) is 13.0. The van der Waals surface area contributed by atoms with Crippen LogP contribution < -0.4 is 4.74 Å². The molecule has 3 heteroatoms. The number of ketones is 1. The van der Waals surface area contributed by atoms with E-state index in [4.69, 9.17) is 16.3 Å². The number of rotatable bonds is 5. The van der Waals surface area contributed by atoms with Crippen LogP contribution in [0.1, 0.15) is 37.6 Å². The van der Waals surface area contributed by atoms with Gasteiger partial charge < -0.3 is 4.74 Å². The standard InChI is InChI=1S/C13H17ClO2/c1-4-12(14)13(15)10-6-5-7-11(8-10)16-9(2)3/h5-9,12H,4H2,1-3H3. The lowest BCUT2D eigenvalue weighted by atomic mass is 10.1. The molecule has 0 aliphatic carbocycles. The molecule has 16 heavy (non-hydrogen) atoms. The van der Waals surface area contributed by atoms with Gasteiger partial charge in [-0.1, -0.05) is 19.1 Å². The fourth-order valence-corrected chi connectivity index (χ4v) is 1.49. The summed E-state index contributed by atoms with van der Waals surface area (Å²) < 4.78 is 5.52. The summed E-state index contributed by atoms with van der Waals surface area (Å²) in [6.07, 6.45) is 0.735. The Balaban J connectivity index is 2.85. The van der Waals surface area contributed by atoms with Gasteiger partial charge in [0, 0.05) is 5.56 Å². The van der Waals surface area contributed by atoms with Gasteiger partial charge in [0.05, 0.1) is 11.5 Å². The monoisotopic (exact) mass is 240 g/mol. The van der Waals surface area contributed by atoms with Crippen LogP contribution in [0.25, 0.3) is 0 Å². The van der Waals surface area contributed by atoms with Gasteiger partial charge in [-0.15, -0.1) is 11.6 Å². The van der Waals surface area contributed by atoms with Gasteiger partial charge in [-0.25, -0.2) is 0 Å². The molecule has 0 N–H and O–H groups in total. The topological polar surface area (TPSA) is 26.3 Å². The van der Waals surface area contributed by atoms with E-state index in [2.05, 4.69) is 0 Å². The normalized spacial score (nSPS) is 12.6. The van der Waals surface area contributed by atoms with Crippen molar-refractivity contribution in [1.29, 1.82) is 0 Å². The summed E-state index contributed by atoms with van der Waals surface area (Å²) in [7, 11) is 0. The zero-order valence-corrected chi connectivity index (χ0v) is 10.6. The minimum Gasteiger partial charge on any atom is -0.491 e. The number of benzene rings is 1. The lowest BCUT2D eigenvalue weighted by Gasteiger charge is -2.11. The number of carbonyl (C=O) groups excluding carboxylic acids is 1. The molecule has 1 aromatic rings. The molecular formula is C13H17ClO2. The molecule has 0 aliphatic rings. The van der Waals surface area contributed by atoms with E-state index >= 15 is 0 Å². The van der Waals surface area contributed by atoms with Crippen molar-refractivity contribution < 1.29 is 9.53 Å². The highest BCUT2D eigenvalue weighted by Gasteiger charge is 2.15. The number of halogens is 1. The highest BCUT2D eigenvalue weighted by Crippen LogP contribution is 2.18. The zero-order valence-electron chi connectivity index (χ0n) is 9.87. The fourth-order valence-electron chi connectivity index (χ4n) is 1.36. The second-order valence-electron chi connectivity index (χ2n) is 3.93. The Morgan fingerprint density at radius 2 is 2.12 bits per heavy atom. The molecule has 1 aromatic carbocycles. The second-order valence-corrected chi connectivity index (χ2v) is 4.46. The van der Waals surface area contributed by atoms with Crippen LogP contribution in [-0.4, -0.2) is 17.3 Å². The molecule has 0 aliphatic heterocycles. The van der Waals surface area contributed by atoms with Crippen molar-refractivity contribution in [2.75, 3.05) is 0 Å². The lowest BCUT2D eigenvalue weighted by molar-refractivity contribution is 0.0985. The summed E-state index contributed by atoms with van der Waals surface area (Å²) in [6, 6.07) is 7.16. The summed E-state index contributed by atoms with van der Waals surface area (Å²) in [6.45, 7) is 5.79. The van der Waals surface area contributed by atoms with Crippen molar-refractivity contribution in [3.8, 4) is 5.75 Å². The summed E-state index contributed by atoms with van der Waals surface area (Å²) in [4.78, 5) is 11.8. The molecule has 0 heterocycles. The van der Waals surface area contributed by atoms with Crippen LogP contribution >= 0.6 is 11.6 Å². The Kier molecular flexibility index (Phi) is 4.81. The van der Waals surface area contributed by atoms with E-state index in [1.54, 1.807) is 12.1 Å². The molecule has 88 valence electrons. The molecule has 0 spiro atoms. The Labute approximate surface area is 102 Å². The second kappa shape index (κ2) is 5.90. The summed E-state index contributed by atoms with van der Waals surface area (Å²) in [5, 5.41) is -0.450. The van der Waals surface area contributed by atoms with E-state index < -0.39 is 5.38 Å². The van der Waals surface area contributed by atoms with Gasteiger partial charge in [0.15, 0.2) is 5.78 Å². The maximum absolute atomic E-state index is 11.8. The van der Waals surface area contributed by atoms with Crippen molar-refractivity contribution >= 4 is 17.4 Å². The molecule has 0 saturated heterocycles. The minimum atomic E-state index is -0.450. The summed E-state index contributed by atoms with van der Waals surface area (Å²) >= 11 is 5.92. The van der Waals surface area contributed by atoms with E-state index in [1.165, 1.54) is 0 Å². The fraction of sp³-hybridized carbons (Fsp3) is 0.462. The average molecular weight is 241 g/mol. The van der Waals surface area contributed by atoms with Gasteiger partial charge in [-0.2, -0.15) is 0 Å². The first-order chi connectivity index (χ1) is 7.54. The van der Waals surface area contributed by atoms with Crippen LogP contribution in [0.4, 0.5) is 0 Å². The molecule has 0 amide bonds. The maximum Gasteiger partial charge on any atom is 0.180 e. The molecule has 0 fully saturated rings. The smallest absolute Gasteiger partial charge is 0.180 e. The highest BCUT2D eigenvalue weighted by molar-refractivity contribution is 6.33. The van der Waals surface area contributed by atoms with E-state index in [9.17, 15) is 4.79 Å². The quantitative estimate of drug-likeness (QED) is 0.580. The van der Waals surface area contributed by atoms with E-state index in [0.717, 1.165) is 0 Å². The SMILES string of the molecule is CCC(Cl)C(=O)c1cccc(OC(C)C)c1. The number of Topliss-reactive ketones (excluding diaryl/α,β-unsaturated/α-hetero) is 1. The molecule has 0 saturated carbocycles. The first-order valence-electron chi connectivity index (χ1n) is 5.49. The molecule has 0 radical (unpaired) electrons. The summed E-state index contributed by atoms with van der Waals surface area (Å²) in [5.74, 6) is 0.666. The van der Waals surface area contributed by atoms with Crippen molar-refractivity contribution in [2.24, 2.45) is 0 Å². The third kappa shape index (κ3) is 3.53. The van der Waals surface area contributed by atoms with Crippen LogP contribution in [-0.2, 0) is 0 Å². The van der Waals surface area contributed by atoms with E-state index in [1.807, 2.05) is 32.9 Å². The number of hydrogen-bond acceptors (Lipinski definition) is 2. The largest absolute Gasteiger partial charge is 0.491 e. The van der Waals surface area contributed by atoms with Gasteiger partial charge >= 0.3 is 0 Å². The van der Waals surface area contributed by atoms with Gasteiger partial charge in [0.25, 0.3) is 0 Å². The molecule has 1 unspecified atom stereocenters. The van der Waals surface area contributed by atoms with Crippen LogP contribution in [0, 0.1) is 0 Å². The van der Waals surface area contributed by atoms with E-state index in [0.29, 0.717) is 17.7 Å². The van der Waals surface area contributed by atoms with Gasteiger partial charge in [-0.3, -0.25) is 4.79 Å². The van der Waals surface area contributed by atoms with Crippen molar-refractivity contribution in [3.05, 3.63) is 29.8 Å². The van der Waals surface area contributed by atoms with Crippen LogP contribution in [0.2, 0.25) is 0 Å². The Bertz CT molecular complexity index is 361. The van der Waals surface area contributed by atoms with Crippen LogP contribution in [0.3, 0.4) is 0 Å². The number of carbonyl (C=O) groups is 1. The Hall–Kier alpha value is -1.02. The average Bonchev–Trinajstić information content (AvgIpc) is 2.26. The Morgan fingerprint density at radius 3 is 2.69 bits per heavy atom. The lowest BCUT2D eigenvalue weighted by Crippen LogP contribution is -2.14. The molecular weight excluding hydrogens is 224 g/mol. The van der Waals surface area contributed by atoms with Gasteiger partial charge in [0.1, 0.15) is 5.75 Å². The van der Waals surface area contributed by atoms with Crippen LogP contribution in [0.15, 0.2) is 24.3 Å². The molecule has 1 rings (SSSR count). The van der Waals surface area contributed by atoms with E-state index in [-0.39, 0.29) is 11.9 Å². The zero-order chi connectivity index (χ0) is 12.1.